The summed E-state index contributed by atoms with van der Waals surface area (Å²) in [6.45, 7) is 7.01. The van der Waals surface area contributed by atoms with E-state index in [2.05, 4.69) is 68.7 Å². The third-order valence-electron chi connectivity index (χ3n) is 6.47. The summed E-state index contributed by atoms with van der Waals surface area (Å²) in [7, 11) is 0. The first-order chi connectivity index (χ1) is 16.1. The summed E-state index contributed by atoms with van der Waals surface area (Å²) in [5.41, 5.74) is 7.85. The molecular formula is C25H35N7O. The Labute approximate surface area is 196 Å². The molecule has 4 rings (SSSR count). The molecule has 176 valence electrons. The van der Waals surface area contributed by atoms with Gasteiger partial charge in [0.25, 0.3) is 0 Å². The van der Waals surface area contributed by atoms with Crippen molar-refractivity contribution in [1.29, 1.82) is 0 Å². The summed E-state index contributed by atoms with van der Waals surface area (Å²) in [6, 6.07) is 15.0. The lowest BCUT2D eigenvalue weighted by atomic mass is 9.96. The lowest BCUT2D eigenvalue weighted by Gasteiger charge is -2.32. The number of amides is 1. The fourth-order valence-electron chi connectivity index (χ4n) is 4.64. The monoisotopic (exact) mass is 449 g/mol. The minimum absolute atomic E-state index is 0.0298. The highest BCUT2D eigenvalue weighted by Gasteiger charge is 2.25. The number of benzene rings is 1. The minimum atomic E-state index is -0.195. The van der Waals surface area contributed by atoms with Crippen molar-refractivity contribution in [1.82, 2.24) is 15.6 Å². The standard InChI is InChI=1S/C25H35N7O/c1-2-27-25(30-21-12-16-32(18-21)22-8-4-3-5-9-22)29-17-20-7-6-13-28-24(20)31-14-10-19(11-15-31)23(26)33/h3-9,13,19,21H,2,10-12,14-18H2,1H3,(H2,26,33)(H2,27,29,30). The number of nitrogens with two attached hydrogens (primary N) is 1. The van der Waals surface area contributed by atoms with E-state index in [4.69, 9.17) is 10.7 Å². The fourth-order valence-corrected chi connectivity index (χ4v) is 4.64. The molecule has 2 aliphatic rings. The van der Waals surface area contributed by atoms with E-state index in [-0.39, 0.29) is 11.8 Å². The van der Waals surface area contributed by atoms with Gasteiger partial charge in [-0.05, 0) is 44.4 Å². The van der Waals surface area contributed by atoms with Crippen molar-refractivity contribution in [2.45, 2.75) is 38.8 Å². The normalized spacial score (nSPS) is 19.5. The number of rotatable bonds is 7. The minimum Gasteiger partial charge on any atom is -0.369 e. The zero-order valence-electron chi connectivity index (χ0n) is 19.4. The van der Waals surface area contributed by atoms with Gasteiger partial charge in [0.1, 0.15) is 5.82 Å². The molecule has 2 fully saturated rings. The van der Waals surface area contributed by atoms with Gasteiger partial charge in [-0.15, -0.1) is 0 Å². The molecule has 0 bridgehead atoms. The summed E-state index contributed by atoms with van der Waals surface area (Å²) in [5.74, 6) is 1.56. The molecule has 1 unspecified atom stereocenters. The number of aromatic nitrogens is 1. The summed E-state index contributed by atoms with van der Waals surface area (Å²) >= 11 is 0. The molecule has 1 amide bonds. The number of anilines is 2. The first-order valence-corrected chi connectivity index (χ1v) is 12.0. The molecule has 8 heteroatoms. The maximum absolute atomic E-state index is 11.5. The quantitative estimate of drug-likeness (QED) is 0.442. The zero-order chi connectivity index (χ0) is 23.0. The van der Waals surface area contributed by atoms with E-state index >= 15 is 0 Å². The largest absolute Gasteiger partial charge is 0.369 e. The summed E-state index contributed by atoms with van der Waals surface area (Å²) in [4.78, 5) is 25.7. The zero-order valence-corrected chi connectivity index (χ0v) is 19.4. The summed E-state index contributed by atoms with van der Waals surface area (Å²) in [5, 5.41) is 7.00. The second kappa shape index (κ2) is 11.0. The number of nitrogens with zero attached hydrogens (tertiary/aromatic N) is 4. The van der Waals surface area contributed by atoms with Crippen molar-refractivity contribution >= 4 is 23.4 Å². The van der Waals surface area contributed by atoms with Crippen LogP contribution in [0.3, 0.4) is 0 Å². The van der Waals surface area contributed by atoms with Gasteiger partial charge >= 0.3 is 0 Å². The van der Waals surface area contributed by atoms with Crippen LogP contribution >= 0.6 is 0 Å². The number of hydrogen-bond donors (Lipinski definition) is 3. The van der Waals surface area contributed by atoms with Crippen molar-refractivity contribution in [2.75, 3.05) is 42.5 Å². The molecule has 0 aliphatic carbocycles. The molecule has 1 atom stereocenters. The van der Waals surface area contributed by atoms with E-state index in [1.165, 1.54) is 5.69 Å². The van der Waals surface area contributed by atoms with Crippen LogP contribution in [0.4, 0.5) is 11.5 Å². The van der Waals surface area contributed by atoms with Crippen LogP contribution < -0.4 is 26.2 Å². The highest BCUT2D eigenvalue weighted by atomic mass is 16.1. The van der Waals surface area contributed by atoms with Crippen molar-refractivity contribution in [2.24, 2.45) is 16.6 Å². The molecule has 4 N–H and O–H groups in total. The highest BCUT2D eigenvalue weighted by molar-refractivity contribution is 5.80. The summed E-state index contributed by atoms with van der Waals surface area (Å²) < 4.78 is 0. The predicted octanol–water partition coefficient (Wildman–Crippen LogP) is 2.12. The van der Waals surface area contributed by atoms with Crippen molar-refractivity contribution in [3.8, 4) is 0 Å². The third-order valence-corrected chi connectivity index (χ3v) is 6.47. The number of para-hydroxylation sites is 1. The molecular weight excluding hydrogens is 414 g/mol. The highest BCUT2D eigenvalue weighted by Crippen LogP contribution is 2.25. The first kappa shape index (κ1) is 22.9. The van der Waals surface area contributed by atoms with E-state index in [1.54, 1.807) is 0 Å². The van der Waals surface area contributed by atoms with Crippen LogP contribution in [-0.4, -0.2) is 55.6 Å². The van der Waals surface area contributed by atoms with Gasteiger partial charge in [0, 0.05) is 62.1 Å². The number of piperidine rings is 1. The van der Waals surface area contributed by atoms with Gasteiger partial charge in [0.15, 0.2) is 5.96 Å². The molecule has 3 heterocycles. The second-order valence-electron chi connectivity index (χ2n) is 8.76. The molecule has 2 saturated heterocycles. The number of aliphatic imine (C=N–C) groups is 1. The molecule has 2 aliphatic heterocycles. The van der Waals surface area contributed by atoms with Crippen LogP contribution in [0.25, 0.3) is 0 Å². The molecule has 0 spiro atoms. The van der Waals surface area contributed by atoms with Crippen molar-refractivity contribution in [3.63, 3.8) is 0 Å². The van der Waals surface area contributed by atoms with Crippen molar-refractivity contribution in [3.05, 3.63) is 54.2 Å². The molecule has 8 nitrogen and oxygen atoms in total. The van der Waals surface area contributed by atoms with Gasteiger partial charge in [-0.2, -0.15) is 0 Å². The van der Waals surface area contributed by atoms with Gasteiger partial charge in [0.2, 0.25) is 5.91 Å². The lowest BCUT2D eigenvalue weighted by molar-refractivity contribution is -0.122. The molecule has 1 aromatic heterocycles. The average molecular weight is 450 g/mol. The molecule has 0 saturated carbocycles. The van der Waals surface area contributed by atoms with Crippen molar-refractivity contribution < 1.29 is 4.79 Å². The fraction of sp³-hybridized carbons (Fsp3) is 0.480. The van der Waals surface area contributed by atoms with E-state index < -0.39 is 0 Å². The third kappa shape index (κ3) is 5.94. The van der Waals surface area contributed by atoms with Crippen LogP contribution in [0.15, 0.2) is 53.7 Å². The first-order valence-electron chi connectivity index (χ1n) is 12.0. The van der Waals surface area contributed by atoms with Gasteiger partial charge in [-0.25, -0.2) is 9.98 Å². The number of hydrogen-bond acceptors (Lipinski definition) is 5. The lowest BCUT2D eigenvalue weighted by Crippen LogP contribution is -2.44. The van der Waals surface area contributed by atoms with E-state index in [9.17, 15) is 4.79 Å². The Morgan fingerprint density at radius 3 is 2.58 bits per heavy atom. The van der Waals surface area contributed by atoms with E-state index in [0.29, 0.717) is 12.6 Å². The average Bonchev–Trinajstić information content (AvgIpc) is 3.32. The Balaban J connectivity index is 1.39. The number of primary amides is 1. The SMILES string of the molecule is CCNC(=NCc1cccnc1N1CCC(C(N)=O)CC1)NC1CCN(c2ccccc2)C1. The summed E-state index contributed by atoms with van der Waals surface area (Å²) in [6.07, 6.45) is 4.45. The van der Waals surface area contributed by atoms with Crippen LogP contribution in [0.5, 0.6) is 0 Å². The maximum Gasteiger partial charge on any atom is 0.220 e. The maximum atomic E-state index is 11.5. The van der Waals surface area contributed by atoms with Gasteiger partial charge < -0.3 is 26.2 Å². The van der Waals surface area contributed by atoms with E-state index in [0.717, 1.165) is 69.3 Å². The Morgan fingerprint density at radius 1 is 1.09 bits per heavy atom. The molecule has 33 heavy (non-hydrogen) atoms. The number of carbonyl (C=O) groups excluding carboxylic acids is 1. The number of guanidine groups is 1. The van der Waals surface area contributed by atoms with Crippen LogP contribution in [0.1, 0.15) is 31.7 Å². The molecule has 1 aromatic carbocycles. The smallest absolute Gasteiger partial charge is 0.220 e. The van der Waals surface area contributed by atoms with Gasteiger partial charge in [-0.1, -0.05) is 24.3 Å². The van der Waals surface area contributed by atoms with E-state index in [1.807, 2.05) is 12.3 Å². The molecule has 2 aromatic rings. The Kier molecular flexibility index (Phi) is 7.65. The number of pyridine rings is 1. The van der Waals surface area contributed by atoms with Gasteiger partial charge in [0.05, 0.1) is 6.54 Å². The molecule has 0 radical (unpaired) electrons. The second-order valence-corrected chi connectivity index (χ2v) is 8.76. The Hall–Kier alpha value is -3.29. The number of carbonyl (C=O) groups is 1. The topological polar surface area (TPSA) is 98.9 Å². The van der Waals surface area contributed by atoms with Gasteiger partial charge in [-0.3, -0.25) is 4.79 Å². The van der Waals surface area contributed by atoms with Crippen LogP contribution in [0.2, 0.25) is 0 Å². The van der Waals surface area contributed by atoms with Crippen LogP contribution in [-0.2, 0) is 11.3 Å². The predicted molar refractivity (Wildman–Crippen MR) is 133 cm³/mol. The van der Waals surface area contributed by atoms with Crippen LogP contribution in [0, 0.1) is 5.92 Å². The Morgan fingerprint density at radius 2 is 1.85 bits per heavy atom. The Bertz CT molecular complexity index is 941. The number of nitrogens with one attached hydrogen (secondary N) is 2.